The summed E-state index contributed by atoms with van der Waals surface area (Å²) in [6.45, 7) is 8.27. The van der Waals surface area contributed by atoms with Gasteiger partial charge in [-0.3, -0.25) is 9.78 Å². The van der Waals surface area contributed by atoms with Gasteiger partial charge in [-0.05, 0) is 26.0 Å². The van der Waals surface area contributed by atoms with Crippen molar-refractivity contribution in [2.24, 2.45) is 0 Å². The van der Waals surface area contributed by atoms with Crippen molar-refractivity contribution >= 4 is 17.7 Å². The molecule has 1 N–H and O–H groups in total. The van der Waals surface area contributed by atoms with Crippen molar-refractivity contribution in [1.29, 1.82) is 0 Å². The third-order valence-electron chi connectivity index (χ3n) is 4.94. The fourth-order valence-corrected chi connectivity index (χ4v) is 3.52. The molecule has 4 rings (SSSR count). The topological polar surface area (TPSA) is 83.5 Å². The Bertz CT molecular complexity index is 836. The molecule has 1 saturated heterocycles. The molecular weight excluding hydrogens is 356 g/mol. The van der Waals surface area contributed by atoms with Crippen LogP contribution in [0.3, 0.4) is 0 Å². The van der Waals surface area contributed by atoms with Crippen molar-refractivity contribution < 1.29 is 9.53 Å². The van der Waals surface area contributed by atoms with Crippen LogP contribution in [0, 0.1) is 0 Å². The Morgan fingerprint density at radius 3 is 2.71 bits per heavy atom. The van der Waals surface area contributed by atoms with Gasteiger partial charge in [0.15, 0.2) is 0 Å². The molecule has 2 aromatic rings. The van der Waals surface area contributed by atoms with Gasteiger partial charge in [-0.2, -0.15) is 4.98 Å². The van der Waals surface area contributed by atoms with E-state index < -0.39 is 0 Å². The lowest BCUT2D eigenvalue weighted by Crippen LogP contribution is -2.40. The van der Waals surface area contributed by atoms with Crippen molar-refractivity contribution in [1.82, 2.24) is 19.9 Å². The Balaban J connectivity index is 1.63. The van der Waals surface area contributed by atoms with Crippen LogP contribution in [-0.2, 0) is 17.7 Å². The van der Waals surface area contributed by atoms with E-state index in [1.807, 2.05) is 17.0 Å². The number of carbonyl (C=O) groups excluding carboxylic acids is 1. The fourth-order valence-electron chi connectivity index (χ4n) is 3.52. The highest BCUT2D eigenvalue weighted by atomic mass is 16.5. The first-order chi connectivity index (χ1) is 13.6. The maximum absolute atomic E-state index is 12.8. The summed E-state index contributed by atoms with van der Waals surface area (Å²) in [6, 6.07) is 5.64. The number of hydrogen-bond acceptors (Lipinski definition) is 7. The number of nitrogens with zero attached hydrogens (tertiary/aromatic N) is 5. The van der Waals surface area contributed by atoms with Crippen LogP contribution < -0.4 is 10.2 Å². The van der Waals surface area contributed by atoms with Crippen LogP contribution in [0.25, 0.3) is 0 Å². The summed E-state index contributed by atoms with van der Waals surface area (Å²) in [7, 11) is 0. The summed E-state index contributed by atoms with van der Waals surface area (Å²) >= 11 is 0. The van der Waals surface area contributed by atoms with Gasteiger partial charge < -0.3 is 19.9 Å². The smallest absolute Gasteiger partial charge is 0.272 e. The highest BCUT2D eigenvalue weighted by Crippen LogP contribution is 2.28. The molecule has 4 heterocycles. The predicted molar refractivity (Wildman–Crippen MR) is 107 cm³/mol. The van der Waals surface area contributed by atoms with Gasteiger partial charge in [0.1, 0.15) is 11.5 Å². The molecule has 0 radical (unpaired) electrons. The van der Waals surface area contributed by atoms with Crippen LogP contribution in [0.1, 0.15) is 35.6 Å². The first kappa shape index (κ1) is 18.6. The minimum Gasteiger partial charge on any atom is -0.378 e. The molecule has 0 atom stereocenters. The van der Waals surface area contributed by atoms with E-state index in [4.69, 9.17) is 14.7 Å². The van der Waals surface area contributed by atoms with Crippen LogP contribution in [0.2, 0.25) is 0 Å². The lowest BCUT2D eigenvalue weighted by Gasteiger charge is -2.32. The molecule has 0 aliphatic carbocycles. The molecule has 8 heteroatoms. The Morgan fingerprint density at radius 2 is 2.00 bits per heavy atom. The zero-order chi connectivity index (χ0) is 19.5. The SMILES string of the molecule is CC(C)Nc1nc(N2CCOCC2)nc2c1CN(C(=O)c1ccccn1)CC2. The maximum atomic E-state index is 12.8. The van der Waals surface area contributed by atoms with E-state index in [1.54, 1.807) is 12.3 Å². The third kappa shape index (κ3) is 3.91. The summed E-state index contributed by atoms with van der Waals surface area (Å²) in [6.07, 6.45) is 2.36. The Hall–Kier alpha value is -2.74. The molecule has 28 heavy (non-hydrogen) atoms. The van der Waals surface area contributed by atoms with Crippen molar-refractivity contribution in [3.8, 4) is 0 Å². The van der Waals surface area contributed by atoms with Crippen LogP contribution in [0.15, 0.2) is 24.4 Å². The molecule has 1 fully saturated rings. The maximum Gasteiger partial charge on any atom is 0.272 e. The van der Waals surface area contributed by atoms with E-state index in [0.29, 0.717) is 38.4 Å². The Morgan fingerprint density at radius 1 is 1.18 bits per heavy atom. The van der Waals surface area contributed by atoms with E-state index in [9.17, 15) is 4.79 Å². The second-order valence-corrected chi connectivity index (χ2v) is 7.39. The molecule has 0 bridgehead atoms. The number of carbonyl (C=O) groups is 1. The number of hydrogen-bond donors (Lipinski definition) is 1. The summed E-state index contributed by atoms with van der Waals surface area (Å²) in [5.41, 5.74) is 2.49. The van der Waals surface area contributed by atoms with Crippen LogP contribution >= 0.6 is 0 Å². The summed E-state index contributed by atoms with van der Waals surface area (Å²) < 4.78 is 5.45. The lowest BCUT2D eigenvalue weighted by molar-refractivity contribution is 0.0727. The molecule has 2 aliphatic rings. The largest absolute Gasteiger partial charge is 0.378 e. The third-order valence-corrected chi connectivity index (χ3v) is 4.94. The number of nitrogens with one attached hydrogen (secondary N) is 1. The number of morpholine rings is 1. The first-order valence-corrected chi connectivity index (χ1v) is 9.81. The monoisotopic (exact) mass is 382 g/mol. The summed E-state index contributed by atoms with van der Waals surface area (Å²) in [5, 5.41) is 3.45. The molecule has 1 amide bonds. The minimum atomic E-state index is -0.0565. The van der Waals surface area contributed by atoms with E-state index >= 15 is 0 Å². The number of rotatable bonds is 4. The first-order valence-electron chi connectivity index (χ1n) is 9.81. The molecule has 148 valence electrons. The average molecular weight is 382 g/mol. The van der Waals surface area contributed by atoms with Gasteiger partial charge in [0, 0.05) is 43.9 Å². The number of ether oxygens (including phenoxy) is 1. The average Bonchev–Trinajstić information content (AvgIpc) is 2.73. The second kappa shape index (κ2) is 8.10. The van der Waals surface area contributed by atoms with Crippen molar-refractivity contribution in [3.05, 3.63) is 41.3 Å². The van der Waals surface area contributed by atoms with E-state index in [-0.39, 0.29) is 11.9 Å². The van der Waals surface area contributed by atoms with Crippen molar-refractivity contribution in [2.75, 3.05) is 43.1 Å². The van der Waals surface area contributed by atoms with Gasteiger partial charge >= 0.3 is 0 Å². The molecule has 0 unspecified atom stereocenters. The molecule has 0 aromatic carbocycles. The van der Waals surface area contributed by atoms with Gasteiger partial charge in [-0.1, -0.05) is 6.07 Å². The highest BCUT2D eigenvalue weighted by molar-refractivity contribution is 5.92. The van der Waals surface area contributed by atoms with Gasteiger partial charge in [-0.15, -0.1) is 0 Å². The second-order valence-electron chi connectivity index (χ2n) is 7.39. The number of pyridine rings is 1. The zero-order valence-electron chi connectivity index (χ0n) is 16.4. The highest BCUT2D eigenvalue weighted by Gasteiger charge is 2.28. The van der Waals surface area contributed by atoms with Crippen LogP contribution in [0.4, 0.5) is 11.8 Å². The lowest BCUT2D eigenvalue weighted by atomic mass is 10.1. The summed E-state index contributed by atoms with van der Waals surface area (Å²) in [4.78, 5) is 30.7. The molecule has 2 aliphatic heterocycles. The van der Waals surface area contributed by atoms with Crippen molar-refractivity contribution in [2.45, 2.75) is 32.9 Å². The van der Waals surface area contributed by atoms with E-state index in [1.165, 1.54) is 0 Å². The van der Waals surface area contributed by atoms with E-state index in [2.05, 4.69) is 29.0 Å². The molecule has 8 nitrogen and oxygen atoms in total. The minimum absolute atomic E-state index is 0.0565. The normalized spacial score (nSPS) is 16.8. The molecule has 0 spiro atoms. The predicted octanol–water partition coefficient (Wildman–Crippen LogP) is 1.73. The van der Waals surface area contributed by atoms with Gasteiger partial charge in [0.05, 0.1) is 25.5 Å². The quantitative estimate of drug-likeness (QED) is 0.862. The molecular formula is C20H26N6O2. The molecule has 2 aromatic heterocycles. The van der Waals surface area contributed by atoms with Gasteiger partial charge in [0.25, 0.3) is 5.91 Å². The molecule has 0 saturated carbocycles. The van der Waals surface area contributed by atoms with Crippen LogP contribution in [-0.4, -0.2) is 64.6 Å². The number of aromatic nitrogens is 3. The fraction of sp³-hybridized carbons (Fsp3) is 0.500. The Kier molecular flexibility index (Phi) is 5.38. The Labute approximate surface area is 164 Å². The zero-order valence-corrected chi connectivity index (χ0v) is 16.4. The number of anilines is 2. The van der Waals surface area contributed by atoms with Crippen LogP contribution in [0.5, 0.6) is 0 Å². The van der Waals surface area contributed by atoms with E-state index in [0.717, 1.165) is 36.1 Å². The summed E-state index contributed by atoms with van der Waals surface area (Å²) in [5.74, 6) is 1.51. The number of fused-ring (bicyclic) bond motifs is 1. The van der Waals surface area contributed by atoms with Gasteiger partial charge in [0.2, 0.25) is 5.95 Å². The number of amides is 1. The van der Waals surface area contributed by atoms with Gasteiger partial charge in [-0.25, -0.2) is 4.98 Å². The van der Waals surface area contributed by atoms with Crippen molar-refractivity contribution in [3.63, 3.8) is 0 Å². The standard InChI is InChI=1S/C20H26N6O2/c1-14(2)22-18-15-13-26(19(27)17-5-3-4-7-21-17)8-6-16(15)23-20(24-18)25-9-11-28-12-10-25/h3-5,7,14H,6,8-13H2,1-2H3,(H,22,23,24).